The predicted octanol–water partition coefficient (Wildman–Crippen LogP) is 5.13. The van der Waals surface area contributed by atoms with Crippen molar-refractivity contribution in [3.05, 3.63) is 34.3 Å². The van der Waals surface area contributed by atoms with E-state index in [0.29, 0.717) is 18.7 Å². The van der Waals surface area contributed by atoms with Gasteiger partial charge in [0.2, 0.25) is 0 Å². The topological polar surface area (TPSA) is 9.23 Å². The Balaban J connectivity index is 2.36. The summed E-state index contributed by atoms with van der Waals surface area (Å²) in [7, 11) is 0. The Labute approximate surface area is 124 Å². The highest BCUT2D eigenvalue weighted by Gasteiger charge is 2.27. The van der Waals surface area contributed by atoms with E-state index in [2.05, 4.69) is 20.7 Å². The highest BCUT2D eigenvalue weighted by Crippen LogP contribution is 2.29. The number of hydrogen-bond acceptors (Lipinski definition) is 1. The quantitative estimate of drug-likeness (QED) is 0.484. The molecule has 108 valence electrons. The van der Waals surface area contributed by atoms with Gasteiger partial charge in [0.15, 0.2) is 0 Å². The summed E-state index contributed by atoms with van der Waals surface area (Å²) >= 11 is 9.37. The van der Waals surface area contributed by atoms with Gasteiger partial charge in [-0.05, 0) is 30.4 Å². The van der Waals surface area contributed by atoms with E-state index in [1.165, 1.54) is 0 Å². The van der Waals surface area contributed by atoms with Crippen molar-refractivity contribution < 1.29 is 17.9 Å². The second kappa shape index (κ2) is 8.12. The van der Waals surface area contributed by atoms with Gasteiger partial charge in [-0.3, -0.25) is 0 Å². The van der Waals surface area contributed by atoms with Crippen LogP contribution in [0.25, 0.3) is 0 Å². The molecule has 0 aliphatic rings. The van der Waals surface area contributed by atoms with Crippen molar-refractivity contribution in [2.45, 2.75) is 24.9 Å². The highest BCUT2D eigenvalue weighted by molar-refractivity contribution is 9.10. The molecule has 19 heavy (non-hydrogen) atoms. The van der Waals surface area contributed by atoms with Crippen molar-refractivity contribution in [2.75, 3.05) is 19.1 Å². The second-order valence-corrected chi connectivity index (χ2v) is 5.35. The third-order valence-electron chi connectivity index (χ3n) is 2.64. The SMILES string of the molecule is FC(F)(F)COCCCC(CCl)c1ccccc1Br. The van der Waals surface area contributed by atoms with Gasteiger partial charge in [-0.25, -0.2) is 0 Å². The van der Waals surface area contributed by atoms with Crippen LogP contribution in [-0.4, -0.2) is 25.3 Å². The first kappa shape index (κ1) is 16.8. The van der Waals surface area contributed by atoms with Crippen molar-refractivity contribution in [3.63, 3.8) is 0 Å². The van der Waals surface area contributed by atoms with E-state index in [0.717, 1.165) is 10.0 Å². The lowest BCUT2D eigenvalue weighted by molar-refractivity contribution is -0.174. The first-order chi connectivity index (χ1) is 8.94. The summed E-state index contributed by atoms with van der Waals surface area (Å²) in [4.78, 5) is 0. The first-order valence-corrected chi connectivity index (χ1v) is 7.21. The maximum Gasteiger partial charge on any atom is 0.411 e. The van der Waals surface area contributed by atoms with Crippen molar-refractivity contribution in [1.82, 2.24) is 0 Å². The van der Waals surface area contributed by atoms with Crippen LogP contribution in [0.5, 0.6) is 0 Å². The lowest BCUT2D eigenvalue weighted by atomic mass is 9.96. The average molecular weight is 360 g/mol. The molecular weight excluding hydrogens is 344 g/mol. The number of benzene rings is 1. The molecule has 0 amide bonds. The smallest absolute Gasteiger partial charge is 0.372 e. The summed E-state index contributed by atoms with van der Waals surface area (Å²) < 4.78 is 41.2. The van der Waals surface area contributed by atoms with E-state index < -0.39 is 12.8 Å². The van der Waals surface area contributed by atoms with Crippen LogP contribution in [0.15, 0.2) is 28.7 Å². The molecule has 0 saturated carbocycles. The van der Waals surface area contributed by atoms with E-state index in [1.807, 2.05) is 24.3 Å². The highest BCUT2D eigenvalue weighted by atomic mass is 79.9. The summed E-state index contributed by atoms with van der Waals surface area (Å²) in [6.07, 6.45) is -3.01. The minimum atomic E-state index is -4.26. The molecule has 6 heteroatoms. The van der Waals surface area contributed by atoms with Crippen LogP contribution in [0.4, 0.5) is 13.2 Å². The fourth-order valence-electron chi connectivity index (χ4n) is 1.74. The van der Waals surface area contributed by atoms with Crippen LogP contribution in [0.3, 0.4) is 0 Å². The number of halogens is 5. The van der Waals surface area contributed by atoms with E-state index in [1.54, 1.807) is 0 Å². The molecule has 0 fully saturated rings. The van der Waals surface area contributed by atoms with Crippen LogP contribution >= 0.6 is 27.5 Å². The van der Waals surface area contributed by atoms with Gasteiger partial charge in [0.05, 0.1) is 0 Å². The Hall–Kier alpha value is -0.260. The Bertz CT molecular complexity index is 384. The van der Waals surface area contributed by atoms with Gasteiger partial charge in [0.1, 0.15) is 6.61 Å². The summed E-state index contributed by atoms with van der Waals surface area (Å²) in [5, 5.41) is 0. The maximum atomic E-state index is 11.9. The molecule has 0 N–H and O–H groups in total. The van der Waals surface area contributed by atoms with Crippen LogP contribution in [0, 0.1) is 0 Å². The lowest BCUT2D eigenvalue weighted by Gasteiger charge is -2.16. The van der Waals surface area contributed by atoms with Crippen molar-refractivity contribution in [3.8, 4) is 0 Å². The summed E-state index contributed by atoms with van der Waals surface area (Å²) in [5.74, 6) is 0.550. The number of hydrogen-bond donors (Lipinski definition) is 0. The third kappa shape index (κ3) is 6.63. The lowest BCUT2D eigenvalue weighted by Crippen LogP contribution is -2.17. The zero-order valence-electron chi connectivity index (χ0n) is 10.2. The van der Waals surface area contributed by atoms with Crippen molar-refractivity contribution in [1.29, 1.82) is 0 Å². The van der Waals surface area contributed by atoms with E-state index >= 15 is 0 Å². The van der Waals surface area contributed by atoms with Gasteiger partial charge in [-0.2, -0.15) is 13.2 Å². The molecule has 0 aromatic heterocycles. The van der Waals surface area contributed by atoms with Crippen molar-refractivity contribution >= 4 is 27.5 Å². The Morgan fingerprint density at radius 2 is 1.95 bits per heavy atom. The van der Waals surface area contributed by atoms with Crippen LogP contribution in [0.1, 0.15) is 24.3 Å². The average Bonchev–Trinajstić information content (AvgIpc) is 2.34. The standard InChI is InChI=1S/C13H15BrClF3O/c14-12-6-2-1-5-11(12)10(8-15)4-3-7-19-9-13(16,17)18/h1-2,5-6,10H,3-4,7-9H2. The molecule has 1 aromatic carbocycles. The fourth-order valence-corrected chi connectivity index (χ4v) is 2.67. The van der Waals surface area contributed by atoms with Crippen LogP contribution in [0.2, 0.25) is 0 Å². The number of alkyl halides is 4. The Morgan fingerprint density at radius 1 is 1.26 bits per heavy atom. The molecule has 1 unspecified atom stereocenters. The largest absolute Gasteiger partial charge is 0.411 e. The predicted molar refractivity (Wildman–Crippen MR) is 73.7 cm³/mol. The van der Waals surface area contributed by atoms with E-state index in [-0.39, 0.29) is 12.5 Å². The molecule has 0 aliphatic carbocycles. The van der Waals surface area contributed by atoms with E-state index in [4.69, 9.17) is 11.6 Å². The Morgan fingerprint density at radius 3 is 2.53 bits per heavy atom. The number of ether oxygens (including phenoxy) is 1. The summed E-state index contributed by atoms with van der Waals surface area (Å²) in [6, 6.07) is 7.72. The van der Waals surface area contributed by atoms with Crippen LogP contribution in [-0.2, 0) is 4.74 Å². The monoisotopic (exact) mass is 358 g/mol. The Kier molecular flexibility index (Phi) is 7.18. The molecule has 1 aromatic rings. The van der Waals surface area contributed by atoms with Gasteiger partial charge >= 0.3 is 6.18 Å². The molecule has 1 rings (SSSR count). The van der Waals surface area contributed by atoms with E-state index in [9.17, 15) is 13.2 Å². The zero-order chi connectivity index (χ0) is 14.3. The first-order valence-electron chi connectivity index (χ1n) is 5.89. The molecule has 0 radical (unpaired) electrons. The normalized spacial score (nSPS) is 13.5. The molecule has 0 aliphatic heterocycles. The molecule has 1 atom stereocenters. The summed E-state index contributed by atoms with van der Waals surface area (Å²) in [5.41, 5.74) is 1.08. The maximum absolute atomic E-state index is 11.9. The molecule has 0 bridgehead atoms. The molecular formula is C13H15BrClF3O. The van der Waals surface area contributed by atoms with Gasteiger partial charge in [0.25, 0.3) is 0 Å². The molecule has 0 spiro atoms. The third-order valence-corrected chi connectivity index (χ3v) is 3.73. The molecule has 0 heterocycles. The second-order valence-electron chi connectivity index (χ2n) is 4.18. The van der Waals surface area contributed by atoms with Gasteiger partial charge in [-0.15, -0.1) is 11.6 Å². The minimum Gasteiger partial charge on any atom is -0.372 e. The van der Waals surface area contributed by atoms with Crippen molar-refractivity contribution in [2.24, 2.45) is 0 Å². The molecule has 1 nitrogen and oxygen atoms in total. The van der Waals surface area contributed by atoms with Gasteiger partial charge < -0.3 is 4.74 Å². The van der Waals surface area contributed by atoms with Crippen LogP contribution < -0.4 is 0 Å². The zero-order valence-corrected chi connectivity index (χ0v) is 12.6. The minimum absolute atomic E-state index is 0.0946. The number of rotatable bonds is 7. The summed E-state index contributed by atoms with van der Waals surface area (Å²) in [6.45, 7) is -1.09. The molecule has 0 saturated heterocycles. The van der Waals surface area contributed by atoms with Gasteiger partial charge in [0, 0.05) is 17.0 Å². The van der Waals surface area contributed by atoms with Gasteiger partial charge in [-0.1, -0.05) is 34.1 Å². The fraction of sp³-hybridized carbons (Fsp3) is 0.538.